The second-order valence-electron chi connectivity index (χ2n) is 6.30. The fourth-order valence-corrected chi connectivity index (χ4v) is 2.72. The van der Waals surface area contributed by atoms with Gasteiger partial charge in [-0.05, 0) is 44.1 Å². The maximum Gasteiger partial charge on any atom is 0.128 e. The van der Waals surface area contributed by atoms with Gasteiger partial charge in [0.1, 0.15) is 5.82 Å². The zero-order valence-electron chi connectivity index (χ0n) is 13.4. The molecule has 0 saturated carbocycles. The molecule has 118 valence electrons. The van der Waals surface area contributed by atoms with Crippen LogP contribution in [0.5, 0.6) is 0 Å². The van der Waals surface area contributed by atoms with E-state index in [9.17, 15) is 0 Å². The molecule has 1 fully saturated rings. The average molecular weight is 311 g/mol. The number of likely N-dealkylation sites (N-methyl/N-ethyl adjacent to an activating group) is 1. The Kier molecular flexibility index (Phi) is 6.27. The maximum atomic E-state index is 6.28. The topological polar surface area (TPSA) is 31.4 Å². The number of hydrogen-bond acceptors (Lipinski definition) is 4. The lowest BCUT2D eigenvalue weighted by Gasteiger charge is -2.22. The van der Waals surface area contributed by atoms with Crippen molar-refractivity contribution in [2.45, 2.75) is 26.8 Å². The Balaban J connectivity index is 2.03. The van der Waals surface area contributed by atoms with E-state index in [1.807, 2.05) is 0 Å². The smallest absolute Gasteiger partial charge is 0.128 e. The van der Waals surface area contributed by atoms with Gasteiger partial charge >= 0.3 is 0 Å². The highest BCUT2D eigenvalue weighted by molar-refractivity contribution is 6.31. The minimum atomic E-state index is 0.645. The van der Waals surface area contributed by atoms with E-state index in [-0.39, 0.29) is 0 Å². The van der Waals surface area contributed by atoms with E-state index in [1.54, 1.807) is 6.20 Å². The summed E-state index contributed by atoms with van der Waals surface area (Å²) in [4.78, 5) is 9.26. The summed E-state index contributed by atoms with van der Waals surface area (Å²) in [6, 6.07) is 2.14. The van der Waals surface area contributed by atoms with Crippen LogP contribution in [0.15, 0.2) is 12.3 Å². The van der Waals surface area contributed by atoms with Crippen LogP contribution in [0, 0.1) is 5.92 Å². The summed E-state index contributed by atoms with van der Waals surface area (Å²) in [6.07, 6.45) is 2.97. The van der Waals surface area contributed by atoms with E-state index in [0.29, 0.717) is 5.92 Å². The molecule has 0 bridgehead atoms. The summed E-state index contributed by atoms with van der Waals surface area (Å²) in [5.41, 5.74) is 1.14. The molecule has 1 saturated heterocycles. The van der Waals surface area contributed by atoms with Crippen LogP contribution in [0.25, 0.3) is 0 Å². The molecule has 21 heavy (non-hydrogen) atoms. The van der Waals surface area contributed by atoms with Crippen LogP contribution in [0.1, 0.15) is 25.8 Å². The molecule has 2 heterocycles. The molecule has 5 heteroatoms. The average Bonchev–Trinajstić information content (AvgIpc) is 2.65. The lowest BCUT2D eigenvalue weighted by molar-refractivity contribution is 0.360. The summed E-state index contributed by atoms with van der Waals surface area (Å²) in [5.74, 6) is 1.70. The molecule has 0 aromatic carbocycles. The van der Waals surface area contributed by atoms with Crippen molar-refractivity contribution in [1.29, 1.82) is 0 Å². The Hall–Kier alpha value is -0.840. The van der Waals surface area contributed by atoms with Crippen LogP contribution in [0.2, 0.25) is 5.02 Å². The molecule has 4 nitrogen and oxygen atoms in total. The molecule has 0 amide bonds. The summed E-state index contributed by atoms with van der Waals surface area (Å²) in [5, 5.41) is 4.20. The highest BCUT2D eigenvalue weighted by Gasteiger charge is 2.14. The highest BCUT2D eigenvalue weighted by atomic mass is 35.5. The third kappa shape index (κ3) is 5.13. The van der Waals surface area contributed by atoms with Gasteiger partial charge in [0.15, 0.2) is 0 Å². The molecular formula is C16H27ClN4. The Morgan fingerprint density at radius 1 is 1.29 bits per heavy atom. The SMILES string of the molecule is CC(C)CNCc1cc(N2CCCN(C)CC2)ncc1Cl. The molecule has 1 aromatic rings. The van der Waals surface area contributed by atoms with Crippen molar-refractivity contribution in [3.05, 3.63) is 22.8 Å². The molecule has 0 atom stereocenters. The van der Waals surface area contributed by atoms with Crippen molar-refractivity contribution in [3.8, 4) is 0 Å². The fourth-order valence-electron chi connectivity index (χ4n) is 2.55. The van der Waals surface area contributed by atoms with Crippen molar-refractivity contribution >= 4 is 17.4 Å². The van der Waals surface area contributed by atoms with Crippen molar-refractivity contribution in [3.63, 3.8) is 0 Å². The number of rotatable bonds is 5. The zero-order valence-corrected chi connectivity index (χ0v) is 14.2. The van der Waals surface area contributed by atoms with Crippen LogP contribution < -0.4 is 10.2 Å². The summed E-state index contributed by atoms with van der Waals surface area (Å²) in [6.45, 7) is 10.6. The van der Waals surface area contributed by atoms with E-state index in [1.165, 1.54) is 6.42 Å². The van der Waals surface area contributed by atoms with Gasteiger partial charge in [-0.25, -0.2) is 4.98 Å². The van der Waals surface area contributed by atoms with Gasteiger partial charge in [-0.2, -0.15) is 0 Å². The van der Waals surface area contributed by atoms with Gasteiger partial charge in [0.25, 0.3) is 0 Å². The minimum Gasteiger partial charge on any atom is -0.355 e. The molecule has 0 unspecified atom stereocenters. The highest BCUT2D eigenvalue weighted by Crippen LogP contribution is 2.21. The number of hydrogen-bond donors (Lipinski definition) is 1. The third-order valence-electron chi connectivity index (χ3n) is 3.83. The fraction of sp³-hybridized carbons (Fsp3) is 0.688. The van der Waals surface area contributed by atoms with Crippen molar-refractivity contribution in [2.75, 3.05) is 44.7 Å². The number of aromatic nitrogens is 1. The number of halogens is 1. The van der Waals surface area contributed by atoms with E-state index >= 15 is 0 Å². The number of nitrogens with zero attached hydrogens (tertiary/aromatic N) is 3. The van der Waals surface area contributed by atoms with Gasteiger partial charge in [0.2, 0.25) is 0 Å². The van der Waals surface area contributed by atoms with Gasteiger partial charge in [-0.3, -0.25) is 0 Å². The molecule has 1 aliphatic heterocycles. The first-order valence-corrected chi connectivity index (χ1v) is 8.22. The first-order chi connectivity index (χ1) is 10.1. The molecule has 0 radical (unpaired) electrons. The van der Waals surface area contributed by atoms with Crippen LogP contribution in [0.4, 0.5) is 5.82 Å². The molecule has 0 aliphatic carbocycles. The molecule has 2 rings (SSSR count). The van der Waals surface area contributed by atoms with Gasteiger partial charge in [-0.1, -0.05) is 25.4 Å². The zero-order chi connectivity index (χ0) is 15.2. The van der Waals surface area contributed by atoms with Crippen LogP contribution in [-0.4, -0.2) is 49.7 Å². The Morgan fingerprint density at radius 3 is 2.86 bits per heavy atom. The van der Waals surface area contributed by atoms with Crippen molar-refractivity contribution in [1.82, 2.24) is 15.2 Å². The van der Waals surface area contributed by atoms with Crippen LogP contribution in [0.3, 0.4) is 0 Å². The second-order valence-corrected chi connectivity index (χ2v) is 6.71. The predicted octanol–water partition coefficient (Wildman–Crippen LogP) is 2.62. The Morgan fingerprint density at radius 2 is 2.10 bits per heavy atom. The number of anilines is 1. The quantitative estimate of drug-likeness (QED) is 0.906. The maximum absolute atomic E-state index is 6.28. The monoisotopic (exact) mass is 310 g/mol. The predicted molar refractivity (Wildman–Crippen MR) is 90.1 cm³/mol. The van der Waals surface area contributed by atoms with E-state index < -0.39 is 0 Å². The molecule has 0 spiro atoms. The molecule has 1 aromatic heterocycles. The largest absolute Gasteiger partial charge is 0.355 e. The standard InChI is InChI=1S/C16H27ClN4/c1-13(2)10-18-11-14-9-16(19-12-15(14)17)21-6-4-5-20(3)7-8-21/h9,12-13,18H,4-8,10-11H2,1-3H3. The summed E-state index contributed by atoms with van der Waals surface area (Å²) >= 11 is 6.28. The number of nitrogens with one attached hydrogen (secondary N) is 1. The summed E-state index contributed by atoms with van der Waals surface area (Å²) < 4.78 is 0. The first kappa shape index (κ1) is 16.5. The van der Waals surface area contributed by atoms with Gasteiger partial charge in [-0.15, -0.1) is 0 Å². The summed E-state index contributed by atoms with van der Waals surface area (Å²) in [7, 11) is 2.18. The van der Waals surface area contributed by atoms with Gasteiger partial charge < -0.3 is 15.1 Å². The van der Waals surface area contributed by atoms with Crippen LogP contribution >= 0.6 is 11.6 Å². The number of pyridine rings is 1. The minimum absolute atomic E-state index is 0.645. The molecule has 1 N–H and O–H groups in total. The molecular weight excluding hydrogens is 284 g/mol. The van der Waals surface area contributed by atoms with E-state index in [4.69, 9.17) is 11.6 Å². The Bertz CT molecular complexity index is 450. The second kappa shape index (κ2) is 7.97. The third-order valence-corrected chi connectivity index (χ3v) is 4.17. The van der Waals surface area contributed by atoms with E-state index in [2.05, 4.69) is 47.1 Å². The Labute approximate surface area is 133 Å². The van der Waals surface area contributed by atoms with Crippen molar-refractivity contribution < 1.29 is 0 Å². The van der Waals surface area contributed by atoms with Gasteiger partial charge in [0.05, 0.1) is 5.02 Å². The lowest BCUT2D eigenvalue weighted by Crippen LogP contribution is -2.29. The van der Waals surface area contributed by atoms with Crippen molar-refractivity contribution in [2.24, 2.45) is 5.92 Å². The first-order valence-electron chi connectivity index (χ1n) is 7.85. The normalized spacial score (nSPS) is 17.3. The van der Waals surface area contributed by atoms with Crippen LogP contribution in [-0.2, 0) is 6.54 Å². The lowest BCUT2D eigenvalue weighted by atomic mass is 10.2. The molecule has 1 aliphatic rings. The van der Waals surface area contributed by atoms with Gasteiger partial charge in [0, 0.05) is 32.4 Å². The van der Waals surface area contributed by atoms with E-state index in [0.717, 1.165) is 55.7 Å².